The van der Waals surface area contributed by atoms with Crippen LogP contribution in [0.2, 0.25) is 10.0 Å². The second-order valence-electron chi connectivity index (χ2n) is 8.43. The van der Waals surface area contributed by atoms with E-state index < -0.39 is 12.2 Å². The van der Waals surface area contributed by atoms with Crippen molar-refractivity contribution in [3.63, 3.8) is 0 Å². The predicted molar refractivity (Wildman–Crippen MR) is 120 cm³/mol. The van der Waals surface area contributed by atoms with Crippen LogP contribution in [0.4, 0.5) is 4.39 Å². The van der Waals surface area contributed by atoms with Crippen molar-refractivity contribution in [3.8, 4) is 0 Å². The van der Waals surface area contributed by atoms with Crippen LogP contribution < -0.4 is 10.6 Å². The van der Waals surface area contributed by atoms with Gasteiger partial charge in [-0.15, -0.1) is 0 Å². The van der Waals surface area contributed by atoms with Crippen molar-refractivity contribution in [2.75, 3.05) is 26.2 Å². The summed E-state index contributed by atoms with van der Waals surface area (Å²) in [6.07, 6.45) is 3.05. The number of benzene rings is 1. The minimum atomic E-state index is -1.09. The molecule has 0 radical (unpaired) electrons. The Balaban J connectivity index is 1.43. The van der Waals surface area contributed by atoms with E-state index in [2.05, 4.69) is 15.5 Å². The molecule has 4 rings (SSSR count). The van der Waals surface area contributed by atoms with Crippen LogP contribution in [0.1, 0.15) is 47.8 Å². The van der Waals surface area contributed by atoms with Crippen LogP contribution in [0, 0.1) is 5.92 Å². The van der Waals surface area contributed by atoms with E-state index >= 15 is 4.39 Å². The highest BCUT2D eigenvalue weighted by Crippen LogP contribution is 2.40. The average Bonchev–Trinajstić information content (AvgIpc) is 3.32. The van der Waals surface area contributed by atoms with Gasteiger partial charge >= 0.3 is 0 Å². The highest BCUT2D eigenvalue weighted by atomic mass is 35.5. The van der Waals surface area contributed by atoms with Gasteiger partial charge in [-0.3, -0.25) is 9.69 Å². The second kappa shape index (κ2) is 10.3. The molecule has 2 aromatic rings. The maximum absolute atomic E-state index is 15.0. The van der Waals surface area contributed by atoms with Crippen LogP contribution in [0.5, 0.6) is 0 Å². The van der Waals surface area contributed by atoms with Gasteiger partial charge in [-0.1, -0.05) is 35.3 Å². The SMILES string of the molecule is O=C(NC1CCC(CC(c2cccc(Cl)c2Cl)N2CCNCC2)CC1F)c1ccco1. The van der Waals surface area contributed by atoms with Gasteiger partial charge in [-0.2, -0.15) is 0 Å². The zero-order chi connectivity index (χ0) is 21.8. The van der Waals surface area contributed by atoms with Gasteiger partial charge in [0.1, 0.15) is 6.17 Å². The van der Waals surface area contributed by atoms with E-state index in [4.69, 9.17) is 27.6 Å². The lowest BCUT2D eigenvalue weighted by Gasteiger charge is -2.39. The molecule has 2 N–H and O–H groups in total. The number of amides is 1. The summed E-state index contributed by atoms with van der Waals surface area (Å²) < 4.78 is 20.1. The largest absolute Gasteiger partial charge is 0.459 e. The van der Waals surface area contributed by atoms with Gasteiger partial charge in [0, 0.05) is 32.2 Å². The number of carbonyl (C=O) groups is 1. The Hall–Kier alpha value is -1.60. The van der Waals surface area contributed by atoms with Crippen molar-refractivity contribution in [2.24, 2.45) is 5.92 Å². The summed E-state index contributed by atoms with van der Waals surface area (Å²) in [4.78, 5) is 14.7. The second-order valence-corrected chi connectivity index (χ2v) is 9.22. The number of halogens is 3. The van der Waals surface area contributed by atoms with Gasteiger partial charge in [0.15, 0.2) is 5.76 Å². The first-order valence-corrected chi connectivity index (χ1v) is 11.7. The number of furan rings is 1. The zero-order valence-corrected chi connectivity index (χ0v) is 18.8. The molecule has 1 aliphatic carbocycles. The third-order valence-corrected chi connectivity index (χ3v) is 7.27. The minimum absolute atomic E-state index is 0.0970. The number of hydrogen-bond donors (Lipinski definition) is 2. The highest BCUT2D eigenvalue weighted by Gasteiger charge is 2.35. The first kappa shape index (κ1) is 22.6. The van der Waals surface area contributed by atoms with E-state index in [-0.39, 0.29) is 23.6 Å². The first-order valence-electron chi connectivity index (χ1n) is 10.9. The molecular formula is C23H28Cl2FN3O2. The lowest BCUT2D eigenvalue weighted by Crippen LogP contribution is -2.47. The van der Waals surface area contributed by atoms with Crippen LogP contribution in [-0.2, 0) is 0 Å². The Labute approximate surface area is 192 Å². The highest BCUT2D eigenvalue weighted by molar-refractivity contribution is 6.42. The van der Waals surface area contributed by atoms with Crippen molar-refractivity contribution in [2.45, 2.75) is 43.9 Å². The van der Waals surface area contributed by atoms with Crippen molar-refractivity contribution in [1.82, 2.24) is 15.5 Å². The van der Waals surface area contributed by atoms with Gasteiger partial charge in [0.05, 0.1) is 22.4 Å². The van der Waals surface area contributed by atoms with Crippen molar-refractivity contribution < 1.29 is 13.6 Å². The lowest BCUT2D eigenvalue weighted by atomic mass is 9.79. The molecule has 8 heteroatoms. The molecule has 0 bridgehead atoms. The number of hydrogen-bond acceptors (Lipinski definition) is 4. The quantitative estimate of drug-likeness (QED) is 0.636. The Bertz CT molecular complexity index is 874. The normalized spacial score (nSPS) is 25.8. The molecule has 5 nitrogen and oxygen atoms in total. The monoisotopic (exact) mass is 467 g/mol. The van der Waals surface area contributed by atoms with Crippen molar-refractivity contribution in [1.29, 1.82) is 0 Å². The summed E-state index contributed by atoms with van der Waals surface area (Å²) in [6.45, 7) is 3.68. The molecule has 168 valence electrons. The first-order chi connectivity index (χ1) is 15.0. The van der Waals surface area contributed by atoms with E-state index in [0.29, 0.717) is 22.9 Å². The number of rotatable bonds is 6. The standard InChI is InChI=1S/C23H28Cl2FN3O2/c24-17-4-1-3-16(22(17)25)20(29-10-8-27-9-11-29)14-15-6-7-19(18(26)13-15)28-23(30)21-5-2-12-31-21/h1-5,12,15,18-20,27H,6-11,13-14H2,(H,28,30). The summed E-state index contributed by atoms with van der Waals surface area (Å²) >= 11 is 12.9. The fraction of sp³-hybridized carbons (Fsp3) is 0.522. The summed E-state index contributed by atoms with van der Waals surface area (Å²) in [5.41, 5.74) is 1.01. The molecule has 1 saturated heterocycles. The molecule has 4 unspecified atom stereocenters. The van der Waals surface area contributed by atoms with Crippen LogP contribution in [0.3, 0.4) is 0 Å². The number of alkyl halides is 1. The van der Waals surface area contributed by atoms with Crippen LogP contribution in [0.25, 0.3) is 0 Å². The molecule has 1 aliphatic heterocycles. The molecule has 1 amide bonds. The molecule has 4 atom stereocenters. The third kappa shape index (κ3) is 5.43. The third-order valence-electron chi connectivity index (χ3n) is 6.43. The molecule has 1 aromatic heterocycles. The fourth-order valence-corrected chi connectivity index (χ4v) is 5.21. The molecule has 0 spiro atoms. The number of nitrogens with zero attached hydrogens (tertiary/aromatic N) is 1. The van der Waals surface area contributed by atoms with Crippen LogP contribution in [-0.4, -0.2) is 49.2 Å². The Morgan fingerprint density at radius 3 is 2.74 bits per heavy atom. The van der Waals surface area contributed by atoms with E-state index in [1.54, 1.807) is 18.2 Å². The van der Waals surface area contributed by atoms with E-state index in [1.807, 2.05) is 12.1 Å². The smallest absolute Gasteiger partial charge is 0.287 e. The fourth-order valence-electron chi connectivity index (χ4n) is 4.78. The summed E-state index contributed by atoms with van der Waals surface area (Å²) in [7, 11) is 0. The minimum Gasteiger partial charge on any atom is -0.459 e. The molecule has 1 aromatic carbocycles. The molecular weight excluding hydrogens is 440 g/mol. The van der Waals surface area contributed by atoms with Gasteiger partial charge in [-0.05, 0) is 55.4 Å². The van der Waals surface area contributed by atoms with Crippen molar-refractivity contribution >= 4 is 29.1 Å². The van der Waals surface area contributed by atoms with Crippen LogP contribution in [0.15, 0.2) is 41.0 Å². The molecule has 2 heterocycles. The maximum atomic E-state index is 15.0. The van der Waals surface area contributed by atoms with E-state index in [0.717, 1.165) is 44.6 Å². The number of piperazine rings is 1. The number of carbonyl (C=O) groups excluding carboxylic acids is 1. The molecule has 31 heavy (non-hydrogen) atoms. The molecule has 2 aliphatic rings. The van der Waals surface area contributed by atoms with Crippen molar-refractivity contribution in [3.05, 3.63) is 58.0 Å². The Kier molecular flexibility index (Phi) is 7.54. The maximum Gasteiger partial charge on any atom is 0.287 e. The van der Waals surface area contributed by atoms with Gasteiger partial charge < -0.3 is 15.1 Å². The topological polar surface area (TPSA) is 57.5 Å². The van der Waals surface area contributed by atoms with E-state index in [1.165, 1.54) is 6.26 Å². The summed E-state index contributed by atoms with van der Waals surface area (Å²) in [5, 5.41) is 7.31. The average molecular weight is 468 g/mol. The predicted octanol–water partition coefficient (Wildman–Crippen LogP) is 4.86. The summed E-state index contributed by atoms with van der Waals surface area (Å²) in [6, 6.07) is 8.60. The lowest BCUT2D eigenvalue weighted by molar-refractivity contribution is 0.0778. The molecule has 1 saturated carbocycles. The Morgan fingerprint density at radius 2 is 2.03 bits per heavy atom. The van der Waals surface area contributed by atoms with E-state index in [9.17, 15) is 4.79 Å². The van der Waals surface area contributed by atoms with Crippen LogP contribution >= 0.6 is 23.2 Å². The zero-order valence-electron chi connectivity index (χ0n) is 17.3. The summed E-state index contributed by atoms with van der Waals surface area (Å²) in [5.74, 6) is 0.0610. The number of nitrogens with one attached hydrogen (secondary N) is 2. The van der Waals surface area contributed by atoms with Gasteiger partial charge in [0.2, 0.25) is 0 Å². The van der Waals surface area contributed by atoms with Gasteiger partial charge in [-0.25, -0.2) is 4.39 Å². The molecule has 2 fully saturated rings. The Morgan fingerprint density at radius 1 is 1.23 bits per heavy atom. The van der Waals surface area contributed by atoms with Gasteiger partial charge in [0.25, 0.3) is 5.91 Å².